The number of aliphatic hydroxyl groups excluding tert-OH is 1. The number of nitrogens with two attached hydrogens (primary N) is 1. The van der Waals surface area contributed by atoms with Crippen molar-refractivity contribution in [2.75, 3.05) is 32.2 Å². The van der Waals surface area contributed by atoms with Crippen molar-refractivity contribution in [1.82, 2.24) is 0 Å². The molecule has 1 aromatic carbocycles. The molecule has 2 atom stereocenters. The number of benzene rings is 1. The third-order valence-electron chi connectivity index (χ3n) is 2.70. The Hall–Kier alpha value is -1.10. The number of hydrogen-bond acceptors (Lipinski definition) is 4. The van der Waals surface area contributed by atoms with E-state index in [1.165, 1.54) is 0 Å². The normalized spacial score (nSPS) is 14.4. The fourth-order valence-corrected chi connectivity index (χ4v) is 1.70. The predicted molar refractivity (Wildman–Crippen MR) is 70.2 cm³/mol. The highest BCUT2D eigenvalue weighted by Gasteiger charge is 2.08. The summed E-state index contributed by atoms with van der Waals surface area (Å²) in [6.07, 6.45) is -0.474. The molecular weight excluding hydrogens is 216 g/mol. The number of anilines is 1. The van der Waals surface area contributed by atoms with Crippen LogP contribution in [0.1, 0.15) is 18.5 Å². The second-order valence-electron chi connectivity index (χ2n) is 4.37. The van der Waals surface area contributed by atoms with Crippen LogP contribution >= 0.6 is 0 Å². The number of likely N-dealkylation sites (N-methyl/N-ethyl adjacent to an activating group) is 1. The van der Waals surface area contributed by atoms with Crippen molar-refractivity contribution in [2.45, 2.75) is 19.1 Å². The number of methoxy groups -OCH3 is 1. The lowest BCUT2D eigenvalue weighted by atomic mass is 10.1. The molecule has 0 aliphatic carbocycles. The monoisotopic (exact) mass is 238 g/mol. The summed E-state index contributed by atoms with van der Waals surface area (Å²) in [4.78, 5) is 1.99. The minimum Gasteiger partial charge on any atom is -0.389 e. The molecule has 0 aromatic heterocycles. The van der Waals surface area contributed by atoms with E-state index in [0.717, 1.165) is 11.3 Å². The quantitative estimate of drug-likeness (QED) is 0.780. The highest BCUT2D eigenvalue weighted by Crippen LogP contribution is 2.17. The Morgan fingerprint density at radius 2 is 1.94 bits per heavy atom. The molecule has 0 spiro atoms. The van der Waals surface area contributed by atoms with Gasteiger partial charge < -0.3 is 20.5 Å². The topological polar surface area (TPSA) is 58.7 Å². The SMILES string of the molecule is COCC(O)CN(C)c1ccc([C@H](C)N)cc1. The molecule has 0 heterocycles. The van der Waals surface area contributed by atoms with E-state index in [2.05, 4.69) is 0 Å². The summed E-state index contributed by atoms with van der Waals surface area (Å²) in [5.41, 5.74) is 7.96. The van der Waals surface area contributed by atoms with Crippen molar-refractivity contribution in [1.29, 1.82) is 0 Å². The van der Waals surface area contributed by atoms with E-state index in [0.29, 0.717) is 13.2 Å². The van der Waals surface area contributed by atoms with Crippen LogP contribution in [-0.4, -0.2) is 38.5 Å². The lowest BCUT2D eigenvalue weighted by Crippen LogP contribution is -2.31. The molecule has 0 aliphatic rings. The van der Waals surface area contributed by atoms with Crippen molar-refractivity contribution >= 4 is 5.69 Å². The summed E-state index contributed by atoms with van der Waals surface area (Å²) < 4.78 is 4.90. The van der Waals surface area contributed by atoms with Gasteiger partial charge in [0.25, 0.3) is 0 Å². The smallest absolute Gasteiger partial charge is 0.0947 e. The van der Waals surface area contributed by atoms with E-state index in [1.54, 1.807) is 7.11 Å². The van der Waals surface area contributed by atoms with E-state index in [4.69, 9.17) is 10.5 Å². The zero-order valence-electron chi connectivity index (χ0n) is 10.8. The molecule has 3 N–H and O–H groups in total. The zero-order chi connectivity index (χ0) is 12.8. The minimum absolute atomic E-state index is 0.0495. The molecule has 0 fully saturated rings. The average molecular weight is 238 g/mol. The fraction of sp³-hybridized carbons (Fsp3) is 0.538. The minimum atomic E-state index is -0.474. The van der Waals surface area contributed by atoms with Crippen molar-refractivity contribution in [3.8, 4) is 0 Å². The van der Waals surface area contributed by atoms with Gasteiger partial charge >= 0.3 is 0 Å². The van der Waals surface area contributed by atoms with Gasteiger partial charge in [0.05, 0.1) is 12.7 Å². The molecule has 4 nitrogen and oxygen atoms in total. The Balaban J connectivity index is 2.60. The molecule has 0 radical (unpaired) electrons. The largest absolute Gasteiger partial charge is 0.389 e. The van der Waals surface area contributed by atoms with Crippen LogP contribution in [0.25, 0.3) is 0 Å². The first-order valence-electron chi connectivity index (χ1n) is 5.78. The summed E-state index contributed by atoms with van der Waals surface area (Å²) in [5, 5.41) is 9.64. The molecule has 0 aliphatic heterocycles. The van der Waals surface area contributed by atoms with Gasteiger partial charge in [-0.15, -0.1) is 0 Å². The van der Waals surface area contributed by atoms with Crippen LogP contribution in [0.5, 0.6) is 0 Å². The molecule has 1 aromatic rings. The first-order valence-corrected chi connectivity index (χ1v) is 5.78. The van der Waals surface area contributed by atoms with Gasteiger partial charge in [-0.1, -0.05) is 12.1 Å². The Bertz CT molecular complexity index is 325. The van der Waals surface area contributed by atoms with Gasteiger partial charge in [0, 0.05) is 32.4 Å². The molecule has 0 saturated heterocycles. The average Bonchev–Trinajstić information content (AvgIpc) is 2.29. The van der Waals surface area contributed by atoms with Crippen LogP contribution in [0.4, 0.5) is 5.69 Å². The first kappa shape index (κ1) is 14.0. The summed E-state index contributed by atoms with van der Waals surface area (Å²) in [6, 6.07) is 8.10. The standard InChI is InChI=1S/C13H22N2O2/c1-10(14)11-4-6-12(7-5-11)15(2)8-13(16)9-17-3/h4-7,10,13,16H,8-9,14H2,1-3H3/t10-,13?/m0/s1. The van der Waals surface area contributed by atoms with Crippen LogP contribution in [0.3, 0.4) is 0 Å². The molecule has 4 heteroatoms. The van der Waals surface area contributed by atoms with Crippen LogP contribution in [0.15, 0.2) is 24.3 Å². The number of aliphatic hydroxyl groups is 1. The van der Waals surface area contributed by atoms with Gasteiger partial charge in [0.1, 0.15) is 0 Å². The van der Waals surface area contributed by atoms with Gasteiger partial charge in [-0.2, -0.15) is 0 Å². The summed E-state index contributed by atoms with van der Waals surface area (Å²) in [7, 11) is 3.53. The lowest BCUT2D eigenvalue weighted by molar-refractivity contribution is 0.0695. The highest BCUT2D eigenvalue weighted by atomic mass is 16.5. The van der Waals surface area contributed by atoms with Crippen LogP contribution in [0.2, 0.25) is 0 Å². The van der Waals surface area contributed by atoms with E-state index >= 15 is 0 Å². The van der Waals surface area contributed by atoms with E-state index in [1.807, 2.05) is 43.1 Å². The lowest BCUT2D eigenvalue weighted by Gasteiger charge is -2.22. The second kappa shape index (κ2) is 6.59. The molecule has 17 heavy (non-hydrogen) atoms. The maximum atomic E-state index is 9.64. The maximum Gasteiger partial charge on any atom is 0.0947 e. The fourth-order valence-electron chi connectivity index (χ4n) is 1.70. The molecule has 0 saturated carbocycles. The number of ether oxygens (including phenoxy) is 1. The van der Waals surface area contributed by atoms with Crippen molar-refractivity contribution < 1.29 is 9.84 Å². The third kappa shape index (κ3) is 4.34. The number of nitrogens with zero attached hydrogens (tertiary/aromatic N) is 1. The van der Waals surface area contributed by atoms with Gasteiger partial charge in [-0.3, -0.25) is 0 Å². The molecule has 0 bridgehead atoms. The molecule has 0 amide bonds. The van der Waals surface area contributed by atoms with Gasteiger partial charge in [-0.05, 0) is 24.6 Å². The molecule has 96 valence electrons. The van der Waals surface area contributed by atoms with Gasteiger partial charge in [-0.25, -0.2) is 0 Å². The summed E-state index contributed by atoms with van der Waals surface area (Å²) in [5.74, 6) is 0. The van der Waals surface area contributed by atoms with Crippen molar-refractivity contribution in [2.24, 2.45) is 5.73 Å². The van der Waals surface area contributed by atoms with Crippen LogP contribution in [-0.2, 0) is 4.74 Å². The van der Waals surface area contributed by atoms with Gasteiger partial charge in [0.2, 0.25) is 0 Å². The summed E-state index contributed by atoms with van der Waals surface area (Å²) in [6.45, 7) is 2.86. The maximum absolute atomic E-state index is 9.64. The zero-order valence-corrected chi connectivity index (χ0v) is 10.8. The Morgan fingerprint density at radius 1 is 1.35 bits per heavy atom. The van der Waals surface area contributed by atoms with Crippen LogP contribution in [0, 0.1) is 0 Å². The Morgan fingerprint density at radius 3 is 2.41 bits per heavy atom. The Kier molecular flexibility index (Phi) is 5.41. The summed E-state index contributed by atoms with van der Waals surface area (Å²) >= 11 is 0. The molecule has 1 unspecified atom stereocenters. The molecular formula is C13H22N2O2. The van der Waals surface area contributed by atoms with E-state index < -0.39 is 6.10 Å². The number of hydrogen-bond donors (Lipinski definition) is 2. The molecule has 1 rings (SSSR count). The highest BCUT2D eigenvalue weighted by molar-refractivity contribution is 5.47. The second-order valence-corrected chi connectivity index (χ2v) is 4.37. The Labute approximate surface area is 103 Å². The third-order valence-corrected chi connectivity index (χ3v) is 2.70. The van der Waals surface area contributed by atoms with E-state index in [-0.39, 0.29) is 6.04 Å². The van der Waals surface area contributed by atoms with Crippen molar-refractivity contribution in [3.63, 3.8) is 0 Å². The van der Waals surface area contributed by atoms with Gasteiger partial charge in [0.15, 0.2) is 0 Å². The number of rotatable bonds is 6. The van der Waals surface area contributed by atoms with Crippen LogP contribution < -0.4 is 10.6 Å². The van der Waals surface area contributed by atoms with E-state index in [9.17, 15) is 5.11 Å². The predicted octanol–water partition coefficient (Wildman–Crippen LogP) is 1.15. The van der Waals surface area contributed by atoms with Crippen molar-refractivity contribution in [3.05, 3.63) is 29.8 Å². The first-order chi connectivity index (χ1) is 8.04.